The first kappa shape index (κ1) is 23.3. The van der Waals surface area contributed by atoms with E-state index in [1.807, 2.05) is 6.26 Å². The van der Waals surface area contributed by atoms with Gasteiger partial charge in [0.1, 0.15) is 23.3 Å². The number of nitrogens with zero attached hydrogens (tertiary/aromatic N) is 5. The largest absolute Gasteiger partial charge is 0.420 e. The van der Waals surface area contributed by atoms with Crippen molar-refractivity contribution in [2.45, 2.75) is 25.1 Å². The second kappa shape index (κ2) is 9.58. The molecule has 0 aliphatic carbocycles. The summed E-state index contributed by atoms with van der Waals surface area (Å²) in [4.78, 5) is 12.3. The van der Waals surface area contributed by atoms with Crippen LogP contribution in [-0.2, 0) is 6.18 Å². The Balaban J connectivity index is 1.66. The summed E-state index contributed by atoms with van der Waals surface area (Å²) in [7, 11) is 0. The third kappa shape index (κ3) is 5.05. The molecule has 0 bridgehead atoms. The van der Waals surface area contributed by atoms with E-state index in [-0.39, 0.29) is 23.4 Å². The molecule has 1 N–H and O–H groups in total. The van der Waals surface area contributed by atoms with Gasteiger partial charge in [-0.2, -0.15) is 13.2 Å². The number of alkyl halides is 3. The molecule has 170 valence electrons. The standard InChI is InChI=1S/C20H19BrClF3N6S/c1-32-31-7-5-12(6-8-31)28-19-26-9-13(20(23,24)25)18(29-19)15-10-30(11-27-15)16-4-2-3-14(21)17(16)22/h2-4,9-12H,5-8H2,1H3,(H,26,28,29). The lowest BCUT2D eigenvalue weighted by atomic mass is 10.1. The maximum atomic E-state index is 13.7. The highest BCUT2D eigenvalue weighted by Crippen LogP contribution is 2.36. The molecule has 1 aromatic carbocycles. The minimum atomic E-state index is -4.62. The van der Waals surface area contributed by atoms with Crippen LogP contribution in [0.1, 0.15) is 18.4 Å². The fraction of sp³-hybridized carbons (Fsp3) is 0.350. The Morgan fingerprint density at radius 2 is 1.97 bits per heavy atom. The van der Waals surface area contributed by atoms with Crippen LogP contribution in [0.4, 0.5) is 19.1 Å². The number of hydrogen-bond donors (Lipinski definition) is 1. The number of aromatic nitrogens is 4. The fourth-order valence-corrected chi connectivity index (χ4v) is 4.64. The molecule has 3 aromatic rings. The summed E-state index contributed by atoms with van der Waals surface area (Å²) in [6, 6.07) is 5.40. The summed E-state index contributed by atoms with van der Waals surface area (Å²) in [5.41, 5.74) is -0.551. The van der Waals surface area contributed by atoms with Gasteiger partial charge in [0.25, 0.3) is 0 Å². The quantitative estimate of drug-likeness (QED) is 0.400. The van der Waals surface area contributed by atoms with E-state index < -0.39 is 11.7 Å². The highest BCUT2D eigenvalue weighted by atomic mass is 79.9. The predicted molar refractivity (Wildman–Crippen MR) is 124 cm³/mol. The predicted octanol–water partition coefficient (Wildman–Crippen LogP) is 5.92. The number of hydrogen-bond acceptors (Lipinski definition) is 6. The van der Waals surface area contributed by atoms with E-state index in [1.165, 1.54) is 12.5 Å². The normalized spacial score (nSPS) is 15.8. The van der Waals surface area contributed by atoms with Crippen molar-refractivity contribution in [2.24, 2.45) is 0 Å². The van der Waals surface area contributed by atoms with E-state index in [0.29, 0.717) is 15.2 Å². The van der Waals surface area contributed by atoms with E-state index >= 15 is 0 Å². The summed E-state index contributed by atoms with van der Waals surface area (Å²) in [5, 5.41) is 3.61. The van der Waals surface area contributed by atoms with Crippen molar-refractivity contribution >= 4 is 45.4 Å². The smallest absolute Gasteiger partial charge is 0.351 e. The second-order valence-electron chi connectivity index (χ2n) is 7.22. The summed E-state index contributed by atoms with van der Waals surface area (Å²) in [5.74, 6) is 0.158. The van der Waals surface area contributed by atoms with Crippen molar-refractivity contribution in [3.05, 3.63) is 52.0 Å². The molecule has 0 unspecified atom stereocenters. The molecule has 3 heterocycles. The van der Waals surface area contributed by atoms with Gasteiger partial charge < -0.3 is 9.88 Å². The van der Waals surface area contributed by atoms with E-state index in [9.17, 15) is 13.2 Å². The van der Waals surface area contributed by atoms with Crippen molar-refractivity contribution in [1.82, 2.24) is 23.8 Å². The molecule has 12 heteroatoms. The Morgan fingerprint density at radius 1 is 1.22 bits per heavy atom. The molecule has 0 radical (unpaired) electrons. The zero-order valence-electron chi connectivity index (χ0n) is 16.9. The molecule has 32 heavy (non-hydrogen) atoms. The lowest BCUT2D eigenvalue weighted by molar-refractivity contribution is -0.137. The number of halogens is 5. The average Bonchev–Trinajstić information content (AvgIpc) is 3.25. The van der Waals surface area contributed by atoms with Gasteiger partial charge in [0.2, 0.25) is 5.95 Å². The molecule has 1 aliphatic heterocycles. The molecule has 0 saturated carbocycles. The van der Waals surface area contributed by atoms with Crippen LogP contribution >= 0.6 is 39.5 Å². The molecule has 0 amide bonds. The van der Waals surface area contributed by atoms with Gasteiger partial charge in [-0.25, -0.2) is 15.0 Å². The zero-order chi connectivity index (χ0) is 22.9. The molecular weight excluding hydrogens is 529 g/mol. The third-order valence-corrected chi connectivity index (χ3v) is 7.34. The topological polar surface area (TPSA) is 58.9 Å². The van der Waals surface area contributed by atoms with Gasteiger partial charge in [0.15, 0.2) is 0 Å². The van der Waals surface area contributed by atoms with Crippen LogP contribution < -0.4 is 5.32 Å². The number of imidazole rings is 1. The molecule has 0 spiro atoms. The highest BCUT2D eigenvalue weighted by Gasteiger charge is 2.36. The SMILES string of the molecule is CSN1CCC(Nc2ncc(C(F)(F)F)c(-c3cn(-c4cccc(Br)c4Cl)cn3)n2)CC1. The Kier molecular flexibility index (Phi) is 6.99. The van der Waals surface area contributed by atoms with Crippen LogP contribution in [0.15, 0.2) is 41.4 Å². The van der Waals surface area contributed by atoms with Crippen molar-refractivity contribution in [3.63, 3.8) is 0 Å². The molecular formula is C20H19BrClF3N6S. The molecule has 0 atom stereocenters. The molecule has 1 fully saturated rings. The van der Waals surface area contributed by atoms with Crippen LogP contribution in [0.5, 0.6) is 0 Å². The summed E-state index contributed by atoms with van der Waals surface area (Å²) in [6.07, 6.45) is 2.83. The van der Waals surface area contributed by atoms with E-state index in [0.717, 1.165) is 32.1 Å². The first-order chi connectivity index (χ1) is 15.3. The van der Waals surface area contributed by atoms with Gasteiger partial charge in [0.05, 0.1) is 10.7 Å². The number of anilines is 1. The fourth-order valence-electron chi connectivity index (χ4n) is 3.49. The third-order valence-electron chi connectivity index (χ3n) is 5.17. The van der Waals surface area contributed by atoms with Gasteiger partial charge in [-0.3, -0.25) is 4.31 Å². The summed E-state index contributed by atoms with van der Waals surface area (Å²) < 4.78 is 45.5. The van der Waals surface area contributed by atoms with E-state index in [2.05, 4.69) is 40.5 Å². The van der Waals surface area contributed by atoms with Crippen LogP contribution in [0.25, 0.3) is 17.1 Å². The van der Waals surface area contributed by atoms with Crippen LogP contribution in [0.3, 0.4) is 0 Å². The lowest BCUT2D eigenvalue weighted by Gasteiger charge is -2.30. The van der Waals surface area contributed by atoms with Gasteiger partial charge in [-0.05, 0) is 47.2 Å². The summed E-state index contributed by atoms with van der Waals surface area (Å²) in [6.45, 7) is 1.79. The van der Waals surface area contributed by atoms with Crippen molar-refractivity contribution in [1.29, 1.82) is 0 Å². The van der Waals surface area contributed by atoms with Crippen LogP contribution in [0, 0.1) is 0 Å². The molecule has 1 saturated heterocycles. The second-order valence-corrected chi connectivity index (χ2v) is 9.34. The van der Waals surface area contributed by atoms with E-state index in [4.69, 9.17) is 11.6 Å². The van der Waals surface area contributed by atoms with Gasteiger partial charge in [0, 0.05) is 36.0 Å². The Hall–Kier alpha value is -1.82. The minimum absolute atomic E-state index is 0.0796. The first-order valence-corrected chi connectivity index (χ1v) is 12.1. The van der Waals surface area contributed by atoms with Crippen LogP contribution in [-0.4, -0.2) is 49.2 Å². The molecule has 2 aromatic heterocycles. The Morgan fingerprint density at radius 3 is 2.66 bits per heavy atom. The average molecular weight is 548 g/mol. The molecule has 6 nitrogen and oxygen atoms in total. The molecule has 4 rings (SSSR count). The Bertz CT molecular complexity index is 1100. The van der Waals surface area contributed by atoms with Crippen molar-refractivity contribution in [3.8, 4) is 17.1 Å². The first-order valence-electron chi connectivity index (χ1n) is 9.75. The monoisotopic (exact) mass is 546 g/mol. The number of nitrogens with one attached hydrogen (secondary N) is 1. The summed E-state index contributed by atoms with van der Waals surface area (Å²) >= 11 is 11.4. The molecule has 1 aliphatic rings. The Labute approximate surface area is 200 Å². The van der Waals surface area contributed by atoms with Gasteiger partial charge in [-0.15, -0.1) is 0 Å². The van der Waals surface area contributed by atoms with Gasteiger partial charge >= 0.3 is 6.18 Å². The van der Waals surface area contributed by atoms with Gasteiger partial charge in [-0.1, -0.05) is 29.6 Å². The maximum Gasteiger partial charge on any atom is 0.420 e. The van der Waals surface area contributed by atoms with Crippen LogP contribution in [0.2, 0.25) is 5.02 Å². The minimum Gasteiger partial charge on any atom is -0.351 e. The highest BCUT2D eigenvalue weighted by molar-refractivity contribution is 9.10. The number of rotatable bonds is 5. The van der Waals surface area contributed by atoms with Crippen molar-refractivity contribution < 1.29 is 13.2 Å². The number of benzene rings is 1. The maximum absolute atomic E-state index is 13.7. The zero-order valence-corrected chi connectivity index (χ0v) is 20.1. The van der Waals surface area contributed by atoms with Crippen molar-refractivity contribution in [2.75, 3.05) is 24.7 Å². The number of piperidine rings is 1. The van der Waals surface area contributed by atoms with E-state index in [1.54, 1.807) is 34.7 Å². The lowest BCUT2D eigenvalue weighted by Crippen LogP contribution is -2.35.